The zero-order chi connectivity index (χ0) is 12.3. The van der Waals surface area contributed by atoms with E-state index in [1.807, 2.05) is 22.4 Å². The molecule has 0 saturated carbocycles. The standard InChI is InChI=1S/C14H21NOS/c1-11(2)12-5-3-8-15(9-7-12)14(16)13-6-4-10-17-13/h4,6,10-12H,3,5,7-9H2,1-2H3. The van der Waals surface area contributed by atoms with Gasteiger partial charge in [-0.15, -0.1) is 11.3 Å². The second kappa shape index (κ2) is 5.67. The Morgan fingerprint density at radius 1 is 1.41 bits per heavy atom. The fourth-order valence-corrected chi connectivity index (χ4v) is 3.24. The number of rotatable bonds is 2. The Bertz CT molecular complexity index is 358. The fraction of sp³-hybridized carbons (Fsp3) is 0.643. The number of carbonyl (C=O) groups excluding carboxylic acids is 1. The van der Waals surface area contributed by atoms with Crippen LogP contribution in [0.4, 0.5) is 0 Å². The molecule has 1 aromatic heterocycles. The average molecular weight is 251 g/mol. The molecule has 1 aliphatic heterocycles. The summed E-state index contributed by atoms with van der Waals surface area (Å²) in [5.41, 5.74) is 0. The molecule has 1 unspecified atom stereocenters. The number of likely N-dealkylation sites (tertiary alicyclic amines) is 1. The maximum absolute atomic E-state index is 12.2. The predicted molar refractivity (Wildman–Crippen MR) is 72.4 cm³/mol. The molecule has 1 aliphatic rings. The van der Waals surface area contributed by atoms with E-state index in [4.69, 9.17) is 0 Å². The Labute approximate surface area is 108 Å². The molecule has 0 aromatic carbocycles. The van der Waals surface area contributed by atoms with E-state index in [0.29, 0.717) is 0 Å². The van der Waals surface area contributed by atoms with Gasteiger partial charge >= 0.3 is 0 Å². The van der Waals surface area contributed by atoms with E-state index in [0.717, 1.165) is 42.6 Å². The van der Waals surface area contributed by atoms with Crippen molar-refractivity contribution in [2.24, 2.45) is 11.8 Å². The maximum atomic E-state index is 12.2. The van der Waals surface area contributed by atoms with Gasteiger partial charge in [-0.05, 0) is 42.5 Å². The van der Waals surface area contributed by atoms with Crippen LogP contribution in [0.5, 0.6) is 0 Å². The Morgan fingerprint density at radius 3 is 2.88 bits per heavy atom. The monoisotopic (exact) mass is 251 g/mol. The van der Waals surface area contributed by atoms with Crippen molar-refractivity contribution < 1.29 is 4.79 Å². The summed E-state index contributed by atoms with van der Waals surface area (Å²) in [6, 6.07) is 3.88. The molecule has 3 heteroatoms. The highest BCUT2D eigenvalue weighted by atomic mass is 32.1. The van der Waals surface area contributed by atoms with Gasteiger partial charge < -0.3 is 4.90 Å². The van der Waals surface area contributed by atoms with E-state index in [-0.39, 0.29) is 5.91 Å². The summed E-state index contributed by atoms with van der Waals surface area (Å²) in [4.78, 5) is 15.1. The lowest BCUT2D eigenvalue weighted by Crippen LogP contribution is -2.31. The molecule has 94 valence electrons. The SMILES string of the molecule is CC(C)C1CCCN(C(=O)c2cccs2)CC1. The Morgan fingerprint density at radius 2 is 2.24 bits per heavy atom. The molecule has 0 aliphatic carbocycles. The first-order valence-corrected chi connectivity index (χ1v) is 7.39. The molecule has 17 heavy (non-hydrogen) atoms. The number of carbonyl (C=O) groups is 1. The van der Waals surface area contributed by atoms with E-state index in [2.05, 4.69) is 13.8 Å². The molecular weight excluding hydrogens is 230 g/mol. The topological polar surface area (TPSA) is 20.3 Å². The summed E-state index contributed by atoms with van der Waals surface area (Å²) < 4.78 is 0. The molecular formula is C14H21NOS. The van der Waals surface area contributed by atoms with Gasteiger partial charge in [0.05, 0.1) is 4.88 Å². The summed E-state index contributed by atoms with van der Waals surface area (Å²) in [6.07, 6.45) is 3.58. The third-order valence-electron chi connectivity index (χ3n) is 3.73. The molecule has 2 rings (SSSR count). The van der Waals surface area contributed by atoms with Crippen molar-refractivity contribution in [1.29, 1.82) is 0 Å². The first-order valence-electron chi connectivity index (χ1n) is 6.51. The van der Waals surface area contributed by atoms with E-state index < -0.39 is 0 Å². The molecule has 1 fully saturated rings. The summed E-state index contributed by atoms with van der Waals surface area (Å²) in [5.74, 6) is 1.76. The van der Waals surface area contributed by atoms with Gasteiger partial charge in [0.2, 0.25) is 0 Å². The van der Waals surface area contributed by atoms with Crippen LogP contribution in [0.25, 0.3) is 0 Å². The normalized spacial score (nSPS) is 21.6. The van der Waals surface area contributed by atoms with Crippen LogP contribution >= 0.6 is 11.3 Å². The van der Waals surface area contributed by atoms with Gasteiger partial charge in [-0.25, -0.2) is 0 Å². The van der Waals surface area contributed by atoms with E-state index in [1.165, 1.54) is 6.42 Å². The second-order valence-electron chi connectivity index (χ2n) is 5.20. The summed E-state index contributed by atoms with van der Waals surface area (Å²) in [6.45, 7) is 6.45. The van der Waals surface area contributed by atoms with Gasteiger partial charge in [0.15, 0.2) is 0 Å². The molecule has 1 aromatic rings. The summed E-state index contributed by atoms with van der Waals surface area (Å²) in [5, 5.41) is 1.97. The van der Waals surface area contributed by atoms with E-state index in [9.17, 15) is 4.79 Å². The molecule has 1 amide bonds. The molecule has 0 N–H and O–H groups in total. The van der Waals surface area contributed by atoms with E-state index in [1.54, 1.807) is 11.3 Å². The van der Waals surface area contributed by atoms with Crippen LogP contribution in [-0.2, 0) is 0 Å². The number of hydrogen-bond donors (Lipinski definition) is 0. The van der Waals surface area contributed by atoms with Gasteiger partial charge in [-0.1, -0.05) is 19.9 Å². The van der Waals surface area contributed by atoms with Crippen LogP contribution in [0, 0.1) is 11.8 Å². The van der Waals surface area contributed by atoms with E-state index >= 15 is 0 Å². The number of thiophene rings is 1. The van der Waals surface area contributed by atoms with Crippen molar-refractivity contribution in [2.75, 3.05) is 13.1 Å². The smallest absolute Gasteiger partial charge is 0.263 e. The minimum Gasteiger partial charge on any atom is -0.338 e. The molecule has 2 nitrogen and oxygen atoms in total. The largest absolute Gasteiger partial charge is 0.338 e. The van der Waals surface area contributed by atoms with Crippen molar-refractivity contribution in [3.63, 3.8) is 0 Å². The highest BCUT2D eigenvalue weighted by Crippen LogP contribution is 2.25. The van der Waals surface area contributed by atoms with Crippen LogP contribution in [0.3, 0.4) is 0 Å². The average Bonchev–Trinajstić information content (AvgIpc) is 2.71. The molecule has 0 bridgehead atoms. The molecule has 0 spiro atoms. The first-order chi connectivity index (χ1) is 8.18. The molecule has 2 heterocycles. The lowest BCUT2D eigenvalue weighted by molar-refractivity contribution is 0.0763. The van der Waals surface area contributed by atoms with Crippen LogP contribution in [0.2, 0.25) is 0 Å². The number of nitrogens with zero attached hydrogens (tertiary/aromatic N) is 1. The highest BCUT2D eigenvalue weighted by molar-refractivity contribution is 7.12. The summed E-state index contributed by atoms with van der Waals surface area (Å²) in [7, 11) is 0. The van der Waals surface area contributed by atoms with Gasteiger partial charge in [-0.3, -0.25) is 4.79 Å². The third-order valence-corrected chi connectivity index (χ3v) is 4.59. The fourth-order valence-electron chi connectivity index (χ4n) is 2.55. The van der Waals surface area contributed by atoms with Crippen molar-refractivity contribution in [3.05, 3.63) is 22.4 Å². The van der Waals surface area contributed by atoms with Crippen LogP contribution < -0.4 is 0 Å². The molecule has 1 atom stereocenters. The van der Waals surface area contributed by atoms with Gasteiger partial charge in [0.25, 0.3) is 5.91 Å². The minimum atomic E-state index is 0.226. The van der Waals surface area contributed by atoms with Crippen molar-refractivity contribution in [3.8, 4) is 0 Å². The third kappa shape index (κ3) is 3.09. The molecule has 1 saturated heterocycles. The highest BCUT2D eigenvalue weighted by Gasteiger charge is 2.23. The molecule has 0 radical (unpaired) electrons. The maximum Gasteiger partial charge on any atom is 0.263 e. The quantitative estimate of drug-likeness (QED) is 0.785. The Hall–Kier alpha value is -0.830. The Balaban J connectivity index is 1.97. The van der Waals surface area contributed by atoms with Crippen LogP contribution in [0.1, 0.15) is 42.8 Å². The van der Waals surface area contributed by atoms with Gasteiger partial charge in [0, 0.05) is 13.1 Å². The van der Waals surface area contributed by atoms with Crippen molar-refractivity contribution >= 4 is 17.2 Å². The number of hydrogen-bond acceptors (Lipinski definition) is 2. The number of amides is 1. The second-order valence-corrected chi connectivity index (χ2v) is 6.15. The van der Waals surface area contributed by atoms with Crippen LogP contribution in [0.15, 0.2) is 17.5 Å². The predicted octanol–water partition coefficient (Wildman–Crippen LogP) is 3.65. The zero-order valence-corrected chi connectivity index (χ0v) is 11.5. The lowest BCUT2D eigenvalue weighted by atomic mass is 9.89. The van der Waals surface area contributed by atoms with Gasteiger partial charge in [-0.2, -0.15) is 0 Å². The zero-order valence-electron chi connectivity index (χ0n) is 10.7. The van der Waals surface area contributed by atoms with Crippen molar-refractivity contribution in [2.45, 2.75) is 33.1 Å². The summed E-state index contributed by atoms with van der Waals surface area (Å²) >= 11 is 1.55. The minimum absolute atomic E-state index is 0.226. The first kappa shape index (κ1) is 12.6. The van der Waals surface area contributed by atoms with Crippen LogP contribution in [-0.4, -0.2) is 23.9 Å². The van der Waals surface area contributed by atoms with Gasteiger partial charge in [0.1, 0.15) is 0 Å². The lowest BCUT2D eigenvalue weighted by Gasteiger charge is -2.21. The Kier molecular flexibility index (Phi) is 4.21. The van der Waals surface area contributed by atoms with Crippen molar-refractivity contribution in [1.82, 2.24) is 4.90 Å².